The second-order valence-electron chi connectivity index (χ2n) is 4.51. The van der Waals surface area contributed by atoms with E-state index < -0.39 is 11.5 Å². The number of carbonyl (C=O) groups is 1. The van der Waals surface area contributed by atoms with E-state index in [9.17, 15) is 4.79 Å². The Morgan fingerprint density at radius 1 is 1.42 bits per heavy atom. The lowest BCUT2D eigenvalue weighted by molar-refractivity contribution is 0.0697. The number of anilines is 1. The van der Waals surface area contributed by atoms with Gasteiger partial charge in [0.15, 0.2) is 5.58 Å². The van der Waals surface area contributed by atoms with E-state index in [1.165, 1.54) is 18.2 Å². The van der Waals surface area contributed by atoms with E-state index in [1.807, 2.05) is 0 Å². The summed E-state index contributed by atoms with van der Waals surface area (Å²) in [6, 6.07) is 4.44. The summed E-state index contributed by atoms with van der Waals surface area (Å²) in [5.41, 5.74) is -0.0510. The Morgan fingerprint density at radius 2 is 2.11 bits per heavy atom. The largest absolute Gasteiger partial charge is 0.478 e. The Hall–Kier alpha value is -2.12. The summed E-state index contributed by atoms with van der Waals surface area (Å²) in [6.45, 7) is 0.996. The molecule has 4 N–H and O–H groups in total. The van der Waals surface area contributed by atoms with Gasteiger partial charge in [-0.1, -0.05) is 0 Å². The molecule has 0 saturated heterocycles. The number of rotatable bonds is 5. The van der Waals surface area contributed by atoms with Crippen molar-refractivity contribution in [2.45, 2.75) is 12.5 Å². The third kappa shape index (κ3) is 2.67. The molecule has 0 saturated carbocycles. The standard InChI is InChI=1S/C12H14N2O5/c1-12(5-15,6-16)14-11-13-8-3-2-7(10(17)18)4-9(8)19-11/h2-4,15-16H,5-6H2,1H3,(H,13,14)(H,17,18). The van der Waals surface area contributed by atoms with Crippen LogP contribution in [-0.2, 0) is 0 Å². The van der Waals surface area contributed by atoms with Crippen LogP contribution in [0.5, 0.6) is 0 Å². The van der Waals surface area contributed by atoms with Gasteiger partial charge in [0.2, 0.25) is 0 Å². The van der Waals surface area contributed by atoms with Crippen LogP contribution in [-0.4, -0.2) is 45.0 Å². The van der Waals surface area contributed by atoms with Crippen molar-refractivity contribution >= 4 is 23.1 Å². The third-order valence-corrected chi connectivity index (χ3v) is 2.74. The maximum Gasteiger partial charge on any atom is 0.335 e. The minimum absolute atomic E-state index is 0.0993. The van der Waals surface area contributed by atoms with Gasteiger partial charge in [-0.25, -0.2) is 4.79 Å². The minimum atomic E-state index is -1.05. The average molecular weight is 266 g/mol. The van der Waals surface area contributed by atoms with Gasteiger partial charge >= 0.3 is 5.97 Å². The van der Waals surface area contributed by atoms with Gasteiger partial charge in [0.05, 0.1) is 24.3 Å². The molecule has 0 fully saturated rings. The summed E-state index contributed by atoms with van der Waals surface area (Å²) in [4.78, 5) is 14.9. The maximum absolute atomic E-state index is 10.8. The van der Waals surface area contributed by atoms with Gasteiger partial charge in [-0.2, -0.15) is 4.98 Å². The molecule has 0 amide bonds. The molecule has 0 bridgehead atoms. The van der Waals surface area contributed by atoms with Crippen molar-refractivity contribution in [3.05, 3.63) is 23.8 Å². The second kappa shape index (κ2) is 4.87. The van der Waals surface area contributed by atoms with Crippen LogP contribution in [0.25, 0.3) is 11.1 Å². The molecule has 0 aliphatic heterocycles. The lowest BCUT2D eigenvalue weighted by Gasteiger charge is -2.24. The quantitative estimate of drug-likeness (QED) is 0.628. The molecule has 7 heteroatoms. The molecule has 1 heterocycles. The number of carboxylic acids is 1. The monoisotopic (exact) mass is 266 g/mol. The zero-order valence-corrected chi connectivity index (χ0v) is 10.3. The highest BCUT2D eigenvalue weighted by atomic mass is 16.4. The van der Waals surface area contributed by atoms with Crippen molar-refractivity contribution in [1.82, 2.24) is 4.98 Å². The molecule has 2 rings (SSSR count). The van der Waals surface area contributed by atoms with Crippen LogP contribution in [0.15, 0.2) is 22.6 Å². The summed E-state index contributed by atoms with van der Waals surface area (Å²) in [5.74, 6) is -1.05. The molecule has 0 aliphatic carbocycles. The first-order chi connectivity index (χ1) is 8.97. The molecule has 7 nitrogen and oxygen atoms in total. The fourth-order valence-electron chi connectivity index (χ4n) is 1.50. The SMILES string of the molecule is CC(CO)(CO)Nc1nc2ccc(C(=O)O)cc2o1. The molecule has 0 radical (unpaired) electrons. The number of nitrogens with one attached hydrogen (secondary N) is 1. The highest BCUT2D eigenvalue weighted by Gasteiger charge is 2.24. The summed E-state index contributed by atoms with van der Waals surface area (Å²) in [6.07, 6.45) is 0. The first-order valence-electron chi connectivity index (χ1n) is 5.61. The van der Waals surface area contributed by atoms with Crippen LogP contribution in [0.3, 0.4) is 0 Å². The molecule has 1 aromatic carbocycles. The number of hydrogen-bond acceptors (Lipinski definition) is 6. The number of aromatic nitrogens is 1. The van der Waals surface area contributed by atoms with Gasteiger partial charge in [0, 0.05) is 0 Å². The molecule has 2 aromatic rings. The molecule has 0 unspecified atom stereocenters. The van der Waals surface area contributed by atoms with Crippen LogP contribution < -0.4 is 5.32 Å². The third-order valence-electron chi connectivity index (χ3n) is 2.74. The van der Waals surface area contributed by atoms with E-state index in [4.69, 9.17) is 19.7 Å². The first kappa shape index (κ1) is 13.3. The van der Waals surface area contributed by atoms with Gasteiger partial charge in [0.25, 0.3) is 6.01 Å². The van der Waals surface area contributed by atoms with E-state index >= 15 is 0 Å². The zero-order chi connectivity index (χ0) is 14.0. The molecule has 0 spiro atoms. The van der Waals surface area contributed by atoms with E-state index in [0.29, 0.717) is 11.1 Å². The van der Waals surface area contributed by atoms with Gasteiger partial charge in [-0.3, -0.25) is 0 Å². The molecular formula is C12H14N2O5. The molecule has 0 atom stereocenters. The number of hydrogen-bond donors (Lipinski definition) is 4. The van der Waals surface area contributed by atoms with E-state index in [1.54, 1.807) is 6.92 Å². The fraction of sp³-hybridized carbons (Fsp3) is 0.333. The Bertz CT molecular complexity index is 603. The number of benzene rings is 1. The predicted molar refractivity (Wildman–Crippen MR) is 67.2 cm³/mol. The van der Waals surface area contributed by atoms with Crippen molar-refractivity contribution in [3.8, 4) is 0 Å². The Kier molecular flexibility index (Phi) is 3.41. The second-order valence-corrected chi connectivity index (χ2v) is 4.51. The number of aromatic carboxylic acids is 1. The van der Waals surface area contributed by atoms with Crippen molar-refractivity contribution in [3.63, 3.8) is 0 Å². The number of aliphatic hydroxyl groups excluding tert-OH is 2. The van der Waals surface area contributed by atoms with E-state index in [0.717, 1.165) is 0 Å². The average Bonchev–Trinajstić information content (AvgIpc) is 2.79. The molecular weight excluding hydrogens is 252 g/mol. The van der Waals surface area contributed by atoms with Gasteiger partial charge in [0.1, 0.15) is 5.52 Å². The van der Waals surface area contributed by atoms with E-state index in [2.05, 4.69) is 10.3 Å². The first-order valence-corrected chi connectivity index (χ1v) is 5.61. The number of fused-ring (bicyclic) bond motifs is 1. The van der Waals surface area contributed by atoms with Crippen LogP contribution in [0.4, 0.5) is 6.01 Å². The Balaban J connectivity index is 2.34. The Morgan fingerprint density at radius 3 is 2.68 bits per heavy atom. The van der Waals surface area contributed by atoms with Crippen LogP contribution >= 0.6 is 0 Å². The summed E-state index contributed by atoms with van der Waals surface area (Å²) >= 11 is 0. The number of carboxylic acid groups (broad SMARTS) is 1. The number of oxazole rings is 1. The normalized spacial score (nSPS) is 11.7. The van der Waals surface area contributed by atoms with Gasteiger partial charge < -0.3 is 25.1 Å². The lowest BCUT2D eigenvalue weighted by Crippen LogP contribution is -2.42. The van der Waals surface area contributed by atoms with Crippen molar-refractivity contribution in [2.24, 2.45) is 0 Å². The minimum Gasteiger partial charge on any atom is -0.478 e. The fourth-order valence-corrected chi connectivity index (χ4v) is 1.50. The van der Waals surface area contributed by atoms with Crippen LogP contribution in [0, 0.1) is 0 Å². The maximum atomic E-state index is 10.8. The van der Waals surface area contributed by atoms with Gasteiger partial charge in [-0.15, -0.1) is 0 Å². The van der Waals surface area contributed by atoms with Crippen molar-refractivity contribution < 1.29 is 24.5 Å². The summed E-state index contributed by atoms with van der Waals surface area (Å²) in [5, 5.41) is 30.0. The summed E-state index contributed by atoms with van der Waals surface area (Å²) in [7, 11) is 0. The topological polar surface area (TPSA) is 116 Å². The molecule has 19 heavy (non-hydrogen) atoms. The zero-order valence-electron chi connectivity index (χ0n) is 10.3. The smallest absolute Gasteiger partial charge is 0.335 e. The van der Waals surface area contributed by atoms with Crippen LogP contribution in [0.2, 0.25) is 0 Å². The highest BCUT2D eigenvalue weighted by Crippen LogP contribution is 2.22. The predicted octanol–water partition coefficient (Wildman–Crippen LogP) is 0.681. The van der Waals surface area contributed by atoms with Crippen molar-refractivity contribution in [2.75, 3.05) is 18.5 Å². The molecule has 0 aliphatic rings. The molecule has 102 valence electrons. The molecule has 1 aromatic heterocycles. The summed E-state index contributed by atoms with van der Waals surface area (Å²) < 4.78 is 5.35. The number of aliphatic hydroxyl groups is 2. The number of nitrogens with zero attached hydrogens (tertiary/aromatic N) is 1. The van der Waals surface area contributed by atoms with Crippen LogP contribution in [0.1, 0.15) is 17.3 Å². The van der Waals surface area contributed by atoms with Gasteiger partial charge in [-0.05, 0) is 25.1 Å². The lowest BCUT2D eigenvalue weighted by atomic mass is 10.1. The Labute approximate surface area is 108 Å². The highest BCUT2D eigenvalue weighted by molar-refractivity contribution is 5.92. The van der Waals surface area contributed by atoms with Crippen molar-refractivity contribution in [1.29, 1.82) is 0 Å². The van der Waals surface area contributed by atoms with E-state index in [-0.39, 0.29) is 24.8 Å².